The van der Waals surface area contributed by atoms with Gasteiger partial charge in [0, 0.05) is 19.1 Å². The van der Waals surface area contributed by atoms with Crippen molar-refractivity contribution < 1.29 is 0 Å². The van der Waals surface area contributed by atoms with Gasteiger partial charge in [-0.25, -0.2) is 0 Å². The summed E-state index contributed by atoms with van der Waals surface area (Å²) in [5.74, 6) is 1.78. The first-order chi connectivity index (χ1) is 8.53. The Balaban J connectivity index is 1.96. The summed E-state index contributed by atoms with van der Waals surface area (Å²) < 4.78 is 0. The summed E-state index contributed by atoms with van der Waals surface area (Å²) in [7, 11) is 0. The van der Waals surface area contributed by atoms with Crippen LogP contribution < -0.4 is 5.32 Å². The molecule has 0 amide bonds. The highest BCUT2D eigenvalue weighted by atomic mass is 15.2. The maximum Gasteiger partial charge on any atom is 0.0159 e. The molecule has 0 aromatic rings. The van der Waals surface area contributed by atoms with E-state index in [1.165, 1.54) is 45.3 Å². The molecule has 1 saturated carbocycles. The molecular weight excluding hydrogens is 220 g/mol. The molecule has 1 N–H and O–H groups in total. The van der Waals surface area contributed by atoms with Gasteiger partial charge in [0.2, 0.25) is 0 Å². The first kappa shape index (κ1) is 14.3. The average molecular weight is 252 g/mol. The van der Waals surface area contributed by atoms with E-state index < -0.39 is 0 Å². The largest absolute Gasteiger partial charge is 0.313 e. The smallest absolute Gasteiger partial charge is 0.0159 e. The van der Waals surface area contributed by atoms with Crippen molar-refractivity contribution in [2.45, 2.75) is 59.4 Å². The Bertz CT molecular complexity index is 262. The topological polar surface area (TPSA) is 15.3 Å². The van der Waals surface area contributed by atoms with E-state index in [0.29, 0.717) is 11.5 Å². The summed E-state index contributed by atoms with van der Waals surface area (Å²) in [5.41, 5.74) is 0.476. The van der Waals surface area contributed by atoms with Crippen LogP contribution in [-0.2, 0) is 0 Å². The van der Waals surface area contributed by atoms with Gasteiger partial charge in [-0.1, -0.05) is 34.1 Å². The monoisotopic (exact) mass is 252 g/mol. The van der Waals surface area contributed by atoms with E-state index in [4.69, 9.17) is 0 Å². The molecule has 1 aliphatic carbocycles. The average Bonchev–Trinajstić information content (AvgIpc) is 2.69. The third kappa shape index (κ3) is 3.27. The summed E-state index contributed by atoms with van der Waals surface area (Å²) in [6, 6.07) is 0.715. The molecule has 1 heterocycles. The molecule has 2 heteroatoms. The zero-order chi connectivity index (χ0) is 13.2. The van der Waals surface area contributed by atoms with Gasteiger partial charge in [-0.2, -0.15) is 0 Å². The van der Waals surface area contributed by atoms with E-state index in [1.54, 1.807) is 0 Å². The van der Waals surface area contributed by atoms with Crippen LogP contribution >= 0.6 is 0 Å². The fourth-order valence-electron chi connectivity index (χ4n) is 4.16. The molecule has 0 bridgehead atoms. The third-order valence-electron chi connectivity index (χ3n) is 5.13. The molecule has 2 nitrogen and oxygen atoms in total. The molecule has 2 fully saturated rings. The summed E-state index contributed by atoms with van der Waals surface area (Å²) >= 11 is 0. The quantitative estimate of drug-likeness (QED) is 0.827. The number of rotatable bonds is 4. The van der Waals surface area contributed by atoms with Crippen molar-refractivity contribution in [3.63, 3.8) is 0 Å². The molecule has 1 saturated heterocycles. The normalized spacial score (nSPS) is 37.0. The lowest BCUT2D eigenvalue weighted by molar-refractivity contribution is 0.0852. The Morgan fingerprint density at radius 1 is 1.28 bits per heavy atom. The molecule has 18 heavy (non-hydrogen) atoms. The minimum absolute atomic E-state index is 0.476. The van der Waals surface area contributed by atoms with Crippen LogP contribution in [-0.4, -0.2) is 37.1 Å². The van der Waals surface area contributed by atoms with Crippen LogP contribution in [0.2, 0.25) is 0 Å². The van der Waals surface area contributed by atoms with E-state index in [2.05, 4.69) is 37.9 Å². The molecule has 3 unspecified atom stereocenters. The Kier molecular flexibility index (Phi) is 4.71. The summed E-state index contributed by atoms with van der Waals surface area (Å²) in [6.45, 7) is 14.7. The highest BCUT2D eigenvalue weighted by molar-refractivity contribution is 4.94. The molecule has 2 aliphatic rings. The molecule has 0 radical (unpaired) electrons. The van der Waals surface area contributed by atoms with Crippen molar-refractivity contribution >= 4 is 0 Å². The van der Waals surface area contributed by atoms with Gasteiger partial charge >= 0.3 is 0 Å². The number of nitrogens with zero attached hydrogens (tertiary/aromatic N) is 1. The van der Waals surface area contributed by atoms with Crippen molar-refractivity contribution in [1.29, 1.82) is 0 Å². The van der Waals surface area contributed by atoms with Gasteiger partial charge in [0.15, 0.2) is 0 Å². The third-order valence-corrected chi connectivity index (χ3v) is 5.13. The molecule has 2 rings (SSSR count). The van der Waals surface area contributed by atoms with Crippen LogP contribution in [0.1, 0.15) is 53.4 Å². The van der Waals surface area contributed by atoms with Gasteiger partial charge in [-0.05, 0) is 49.6 Å². The molecule has 1 aliphatic heterocycles. The van der Waals surface area contributed by atoms with E-state index >= 15 is 0 Å². The predicted molar refractivity (Wildman–Crippen MR) is 78.8 cm³/mol. The van der Waals surface area contributed by atoms with Gasteiger partial charge in [0.1, 0.15) is 0 Å². The van der Waals surface area contributed by atoms with Crippen LogP contribution in [0.4, 0.5) is 0 Å². The van der Waals surface area contributed by atoms with Crippen LogP contribution in [0.25, 0.3) is 0 Å². The second-order valence-electron chi connectivity index (χ2n) is 7.33. The fourth-order valence-corrected chi connectivity index (χ4v) is 4.16. The Morgan fingerprint density at radius 2 is 2.06 bits per heavy atom. The van der Waals surface area contributed by atoms with E-state index in [9.17, 15) is 0 Å². The number of likely N-dealkylation sites (tertiary alicyclic amines) is 1. The highest BCUT2D eigenvalue weighted by Gasteiger charge is 2.39. The highest BCUT2D eigenvalue weighted by Crippen LogP contribution is 2.39. The Labute approximate surface area is 114 Å². The van der Waals surface area contributed by atoms with E-state index in [0.717, 1.165) is 18.4 Å². The Hall–Kier alpha value is -0.0800. The van der Waals surface area contributed by atoms with E-state index in [-0.39, 0.29) is 0 Å². The molecule has 3 atom stereocenters. The van der Waals surface area contributed by atoms with Crippen LogP contribution in [0.5, 0.6) is 0 Å². The second kappa shape index (κ2) is 5.92. The SMILES string of the molecule is CCNC1C(CN2CCC(C)C2)CCCC1(C)C. The van der Waals surface area contributed by atoms with Gasteiger partial charge in [-0.3, -0.25) is 0 Å². The van der Waals surface area contributed by atoms with Crippen molar-refractivity contribution in [3.8, 4) is 0 Å². The first-order valence-electron chi connectivity index (χ1n) is 7.98. The number of hydrogen-bond acceptors (Lipinski definition) is 2. The minimum Gasteiger partial charge on any atom is -0.313 e. The lowest BCUT2D eigenvalue weighted by Gasteiger charge is -2.45. The van der Waals surface area contributed by atoms with E-state index in [1.807, 2.05) is 0 Å². The summed E-state index contributed by atoms with van der Waals surface area (Å²) in [6.07, 6.45) is 5.63. The zero-order valence-corrected chi connectivity index (χ0v) is 12.8. The summed E-state index contributed by atoms with van der Waals surface area (Å²) in [4.78, 5) is 2.71. The molecule has 0 spiro atoms. The summed E-state index contributed by atoms with van der Waals surface area (Å²) in [5, 5.41) is 3.78. The molecule has 106 valence electrons. The number of hydrogen-bond donors (Lipinski definition) is 1. The van der Waals surface area contributed by atoms with Gasteiger partial charge in [0.05, 0.1) is 0 Å². The van der Waals surface area contributed by atoms with Crippen molar-refractivity contribution in [3.05, 3.63) is 0 Å². The van der Waals surface area contributed by atoms with Gasteiger partial charge in [-0.15, -0.1) is 0 Å². The molecule has 0 aromatic heterocycles. The first-order valence-corrected chi connectivity index (χ1v) is 7.98. The fraction of sp³-hybridized carbons (Fsp3) is 1.00. The van der Waals surface area contributed by atoms with Gasteiger partial charge in [0.25, 0.3) is 0 Å². The maximum atomic E-state index is 3.78. The van der Waals surface area contributed by atoms with Crippen molar-refractivity contribution in [2.24, 2.45) is 17.3 Å². The lowest BCUT2D eigenvalue weighted by Crippen LogP contribution is -2.52. The second-order valence-corrected chi connectivity index (χ2v) is 7.33. The standard InChI is InChI=1S/C16H32N2/c1-5-17-15-14(7-6-9-16(15,3)4)12-18-10-8-13(2)11-18/h13-15,17H,5-12H2,1-4H3. The van der Waals surface area contributed by atoms with Crippen molar-refractivity contribution in [2.75, 3.05) is 26.2 Å². The van der Waals surface area contributed by atoms with Crippen LogP contribution in [0.3, 0.4) is 0 Å². The molecule has 0 aromatic carbocycles. The zero-order valence-electron chi connectivity index (χ0n) is 12.8. The van der Waals surface area contributed by atoms with Crippen LogP contribution in [0.15, 0.2) is 0 Å². The van der Waals surface area contributed by atoms with Gasteiger partial charge < -0.3 is 10.2 Å². The molecular formula is C16H32N2. The predicted octanol–water partition coefficient (Wildman–Crippen LogP) is 3.13. The minimum atomic E-state index is 0.476. The van der Waals surface area contributed by atoms with Crippen molar-refractivity contribution in [1.82, 2.24) is 10.2 Å². The maximum absolute atomic E-state index is 3.78. The lowest BCUT2D eigenvalue weighted by atomic mass is 9.67. The van der Waals surface area contributed by atoms with Crippen LogP contribution in [0, 0.1) is 17.3 Å². The Morgan fingerprint density at radius 3 is 2.67 bits per heavy atom. The number of nitrogens with one attached hydrogen (secondary N) is 1.